The number of rotatable bonds is 6. The summed E-state index contributed by atoms with van der Waals surface area (Å²) in [6.45, 7) is 1.16. The molecule has 1 unspecified atom stereocenters. The first kappa shape index (κ1) is 24.3. The topological polar surface area (TPSA) is 88.7 Å². The molecular weight excluding hydrogens is 496 g/mol. The van der Waals surface area contributed by atoms with Gasteiger partial charge in [-0.2, -0.15) is 0 Å². The maximum Gasteiger partial charge on any atom is 0.276 e. The molecule has 0 aliphatic carbocycles. The fraction of sp³-hybridized carbons (Fsp3) is 0.167. The molecule has 12 heteroatoms. The second-order valence-corrected chi connectivity index (χ2v) is 7.79. The highest BCUT2D eigenvalue weighted by Gasteiger charge is 2.18. The Labute approximate surface area is 197 Å². The molecule has 0 spiro atoms. The van der Waals surface area contributed by atoms with Gasteiger partial charge in [-0.25, -0.2) is 0 Å². The Morgan fingerprint density at radius 3 is 2.10 bits per heavy atom. The van der Waals surface area contributed by atoms with E-state index in [-0.39, 0.29) is 27.5 Å². The summed E-state index contributed by atoms with van der Waals surface area (Å²) >= 11 is 28.5. The third-order valence-corrected chi connectivity index (χ3v) is 4.64. The monoisotopic (exact) mass is 509 g/mol. The third kappa shape index (κ3) is 7.70. The van der Waals surface area contributed by atoms with Crippen molar-refractivity contribution in [3.63, 3.8) is 0 Å². The number of carbonyl (C=O) groups is 2. The van der Waals surface area contributed by atoms with E-state index in [0.717, 1.165) is 0 Å². The fourth-order valence-corrected chi connectivity index (χ4v) is 3.03. The standard InChI is InChI=1S/C18H15Cl4N3O4S/c1-9(29-15-5-3-11(20)7-13(15)22)17(27)23-18(30)25-24-16(26)8-28-14-4-2-10(19)6-12(14)21/h2-7,9H,8H2,1H3,(H,24,26)(H2,23,25,27,30). The minimum absolute atomic E-state index is 0.143. The summed E-state index contributed by atoms with van der Waals surface area (Å²) in [5, 5.41) is 3.63. The number of benzene rings is 2. The van der Waals surface area contributed by atoms with Crippen LogP contribution >= 0.6 is 58.6 Å². The molecule has 0 saturated carbocycles. The molecule has 2 rings (SSSR count). The lowest BCUT2D eigenvalue weighted by molar-refractivity contribution is -0.126. The lowest BCUT2D eigenvalue weighted by atomic mass is 10.3. The highest BCUT2D eigenvalue weighted by Crippen LogP contribution is 2.28. The van der Waals surface area contributed by atoms with Crippen LogP contribution < -0.4 is 25.6 Å². The van der Waals surface area contributed by atoms with Gasteiger partial charge in [0.2, 0.25) is 0 Å². The Balaban J connectivity index is 1.74. The smallest absolute Gasteiger partial charge is 0.276 e. The number of amides is 2. The minimum Gasteiger partial charge on any atom is -0.482 e. The molecule has 2 aromatic rings. The Hall–Kier alpha value is -1.97. The lowest BCUT2D eigenvalue weighted by Gasteiger charge is -2.17. The molecule has 0 bridgehead atoms. The molecule has 0 fully saturated rings. The summed E-state index contributed by atoms with van der Waals surface area (Å²) in [7, 11) is 0. The molecule has 2 aromatic carbocycles. The van der Waals surface area contributed by atoms with Crippen molar-refractivity contribution in [2.24, 2.45) is 0 Å². The number of carbonyl (C=O) groups excluding carboxylic acids is 2. The molecular formula is C18H15Cl4N3O4S. The Bertz CT molecular complexity index is 961. The molecule has 0 saturated heterocycles. The van der Waals surface area contributed by atoms with E-state index in [9.17, 15) is 9.59 Å². The van der Waals surface area contributed by atoms with Crippen molar-refractivity contribution in [2.75, 3.05) is 6.61 Å². The SMILES string of the molecule is CC(Oc1ccc(Cl)cc1Cl)C(=O)NC(=S)NNC(=O)COc1ccc(Cl)cc1Cl. The van der Waals surface area contributed by atoms with Crippen LogP contribution in [-0.4, -0.2) is 29.6 Å². The molecule has 3 N–H and O–H groups in total. The van der Waals surface area contributed by atoms with E-state index in [2.05, 4.69) is 16.2 Å². The lowest BCUT2D eigenvalue weighted by Crippen LogP contribution is -2.51. The third-order valence-electron chi connectivity index (χ3n) is 3.37. The highest BCUT2D eigenvalue weighted by atomic mass is 35.5. The predicted octanol–water partition coefficient (Wildman–Crippen LogP) is 4.17. The van der Waals surface area contributed by atoms with Crippen molar-refractivity contribution >= 4 is 75.5 Å². The normalized spacial score (nSPS) is 11.2. The van der Waals surface area contributed by atoms with Crippen LogP contribution in [0.2, 0.25) is 20.1 Å². The van der Waals surface area contributed by atoms with Gasteiger partial charge in [0.25, 0.3) is 11.8 Å². The number of hydrogen-bond donors (Lipinski definition) is 3. The molecule has 0 radical (unpaired) electrons. The summed E-state index contributed by atoms with van der Waals surface area (Å²) in [5.41, 5.74) is 4.65. The largest absolute Gasteiger partial charge is 0.482 e. The number of hydrazine groups is 1. The molecule has 0 aliphatic heterocycles. The van der Waals surface area contributed by atoms with Gasteiger partial charge in [-0.3, -0.25) is 25.8 Å². The predicted molar refractivity (Wildman–Crippen MR) is 121 cm³/mol. The Kier molecular flexibility index (Phi) is 9.26. The summed E-state index contributed by atoms with van der Waals surface area (Å²) < 4.78 is 10.8. The van der Waals surface area contributed by atoms with Gasteiger partial charge < -0.3 is 9.47 Å². The van der Waals surface area contributed by atoms with Gasteiger partial charge in [-0.1, -0.05) is 46.4 Å². The first-order valence-corrected chi connectivity index (χ1v) is 10.2. The van der Waals surface area contributed by atoms with Crippen molar-refractivity contribution in [1.29, 1.82) is 0 Å². The molecule has 160 valence electrons. The molecule has 0 aromatic heterocycles. The summed E-state index contributed by atoms with van der Waals surface area (Å²) in [6.07, 6.45) is -0.922. The van der Waals surface area contributed by atoms with E-state index in [4.69, 9.17) is 68.1 Å². The van der Waals surface area contributed by atoms with Crippen LogP contribution in [0.1, 0.15) is 6.92 Å². The molecule has 1 atom stereocenters. The van der Waals surface area contributed by atoms with E-state index in [1.165, 1.54) is 31.2 Å². The molecule has 0 aliphatic rings. The van der Waals surface area contributed by atoms with Crippen molar-refractivity contribution in [3.05, 3.63) is 56.5 Å². The zero-order valence-corrected chi connectivity index (χ0v) is 19.1. The summed E-state index contributed by atoms with van der Waals surface area (Å²) in [6, 6.07) is 9.20. The molecule has 7 nitrogen and oxygen atoms in total. The van der Waals surface area contributed by atoms with Gasteiger partial charge in [0.15, 0.2) is 17.8 Å². The van der Waals surface area contributed by atoms with Crippen LogP contribution in [0.15, 0.2) is 36.4 Å². The van der Waals surface area contributed by atoms with Gasteiger partial charge in [-0.15, -0.1) is 0 Å². The van der Waals surface area contributed by atoms with Gasteiger partial charge in [0.1, 0.15) is 11.5 Å². The van der Waals surface area contributed by atoms with Crippen LogP contribution in [0.5, 0.6) is 11.5 Å². The van der Waals surface area contributed by atoms with Crippen LogP contribution in [0, 0.1) is 0 Å². The van der Waals surface area contributed by atoms with Gasteiger partial charge >= 0.3 is 0 Å². The molecule has 0 heterocycles. The van der Waals surface area contributed by atoms with E-state index in [0.29, 0.717) is 15.8 Å². The van der Waals surface area contributed by atoms with Crippen LogP contribution in [-0.2, 0) is 9.59 Å². The first-order chi connectivity index (χ1) is 14.2. The van der Waals surface area contributed by atoms with E-state index in [1.54, 1.807) is 12.1 Å². The highest BCUT2D eigenvalue weighted by molar-refractivity contribution is 7.80. The van der Waals surface area contributed by atoms with Crippen molar-refractivity contribution < 1.29 is 19.1 Å². The quantitative estimate of drug-likeness (QED) is 0.399. The maximum atomic E-state index is 12.2. The number of thiocarbonyl (C=S) groups is 1. The average molecular weight is 511 g/mol. The van der Waals surface area contributed by atoms with Crippen LogP contribution in [0.4, 0.5) is 0 Å². The number of nitrogens with one attached hydrogen (secondary N) is 3. The molecule has 30 heavy (non-hydrogen) atoms. The first-order valence-electron chi connectivity index (χ1n) is 8.25. The van der Waals surface area contributed by atoms with Gasteiger partial charge in [0, 0.05) is 10.0 Å². The second kappa shape index (κ2) is 11.4. The molecule has 2 amide bonds. The summed E-state index contributed by atoms with van der Waals surface area (Å²) in [5.74, 6) is -0.542. The Morgan fingerprint density at radius 2 is 1.53 bits per heavy atom. The summed E-state index contributed by atoms with van der Waals surface area (Å²) in [4.78, 5) is 24.0. The minimum atomic E-state index is -0.922. The fourth-order valence-electron chi connectivity index (χ4n) is 1.96. The van der Waals surface area contributed by atoms with E-state index in [1.807, 2.05) is 0 Å². The van der Waals surface area contributed by atoms with Crippen molar-refractivity contribution in [2.45, 2.75) is 13.0 Å². The van der Waals surface area contributed by atoms with E-state index < -0.39 is 17.9 Å². The average Bonchev–Trinajstić information content (AvgIpc) is 2.67. The maximum absolute atomic E-state index is 12.2. The van der Waals surface area contributed by atoms with Crippen molar-refractivity contribution in [3.8, 4) is 11.5 Å². The van der Waals surface area contributed by atoms with Crippen molar-refractivity contribution in [1.82, 2.24) is 16.2 Å². The zero-order chi connectivity index (χ0) is 22.3. The number of halogens is 4. The van der Waals surface area contributed by atoms with E-state index >= 15 is 0 Å². The van der Waals surface area contributed by atoms with Gasteiger partial charge in [-0.05, 0) is 55.5 Å². The second-order valence-electron chi connectivity index (χ2n) is 5.69. The zero-order valence-electron chi connectivity index (χ0n) is 15.3. The number of ether oxygens (including phenoxy) is 2. The van der Waals surface area contributed by atoms with Crippen LogP contribution in [0.25, 0.3) is 0 Å². The van der Waals surface area contributed by atoms with Crippen LogP contribution in [0.3, 0.4) is 0 Å². The Morgan fingerprint density at radius 1 is 0.967 bits per heavy atom. The number of hydrogen-bond acceptors (Lipinski definition) is 5. The van der Waals surface area contributed by atoms with Gasteiger partial charge in [0.05, 0.1) is 10.0 Å².